The summed E-state index contributed by atoms with van der Waals surface area (Å²) in [6.45, 7) is 2.98. The summed E-state index contributed by atoms with van der Waals surface area (Å²) >= 11 is 0. The molecule has 0 aromatic carbocycles. The number of hydrogen-bond acceptors (Lipinski definition) is 5. The standard InChI is InChI=1S/C13H17N5O/c1-10(11-3-2-6-19-11)17-12-7-13(16-8-15-12)18-5-4-14-9-18/h4-5,7-11H,2-3,6H2,1H3,(H,15,16,17)/t10-,11-/m1/s1. The van der Waals surface area contributed by atoms with Gasteiger partial charge < -0.3 is 10.1 Å². The first-order valence-corrected chi connectivity index (χ1v) is 6.51. The van der Waals surface area contributed by atoms with E-state index in [9.17, 15) is 0 Å². The van der Waals surface area contributed by atoms with Crippen LogP contribution in [-0.2, 0) is 4.74 Å². The smallest absolute Gasteiger partial charge is 0.143 e. The Bertz CT molecular complexity index is 522. The second kappa shape index (κ2) is 5.36. The van der Waals surface area contributed by atoms with Crippen LogP contribution >= 0.6 is 0 Å². The van der Waals surface area contributed by atoms with Gasteiger partial charge in [0.05, 0.1) is 12.1 Å². The van der Waals surface area contributed by atoms with Gasteiger partial charge in [-0.25, -0.2) is 15.0 Å². The predicted molar refractivity (Wildman–Crippen MR) is 71.2 cm³/mol. The molecule has 100 valence electrons. The van der Waals surface area contributed by atoms with Crippen molar-refractivity contribution in [2.24, 2.45) is 0 Å². The quantitative estimate of drug-likeness (QED) is 0.904. The lowest BCUT2D eigenvalue weighted by Crippen LogP contribution is -2.30. The van der Waals surface area contributed by atoms with Gasteiger partial charge in [-0.3, -0.25) is 4.57 Å². The molecule has 0 radical (unpaired) electrons. The Morgan fingerprint density at radius 1 is 1.47 bits per heavy atom. The van der Waals surface area contributed by atoms with Crippen molar-refractivity contribution in [1.82, 2.24) is 19.5 Å². The number of anilines is 1. The van der Waals surface area contributed by atoms with Crippen molar-refractivity contribution in [2.45, 2.75) is 31.9 Å². The zero-order valence-corrected chi connectivity index (χ0v) is 10.9. The maximum Gasteiger partial charge on any atom is 0.143 e. The Kier molecular flexibility index (Phi) is 3.41. The van der Waals surface area contributed by atoms with E-state index < -0.39 is 0 Å². The third kappa shape index (κ3) is 2.73. The Morgan fingerprint density at radius 2 is 2.42 bits per heavy atom. The van der Waals surface area contributed by atoms with Gasteiger partial charge in [-0.2, -0.15) is 0 Å². The molecule has 0 aliphatic carbocycles. The molecule has 3 heterocycles. The van der Waals surface area contributed by atoms with Gasteiger partial charge in [0.15, 0.2) is 0 Å². The van der Waals surface area contributed by atoms with E-state index in [0.717, 1.165) is 31.1 Å². The number of nitrogens with one attached hydrogen (secondary N) is 1. The van der Waals surface area contributed by atoms with Gasteiger partial charge in [0.2, 0.25) is 0 Å². The van der Waals surface area contributed by atoms with Crippen molar-refractivity contribution < 1.29 is 4.74 Å². The van der Waals surface area contributed by atoms with Crippen LogP contribution in [0.1, 0.15) is 19.8 Å². The van der Waals surface area contributed by atoms with E-state index in [-0.39, 0.29) is 12.1 Å². The van der Waals surface area contributed by atoms with E-state index in [4.69, 9.17) is 4.74 Å². The maximum atomic E-state index is 5.67. The molecule has 0 bridgehead atoms. The maximum absolute atomic E-state index is 5.67. The van der Waals surface area contributed by atoms with Crippen molar-refractivity contribution in [3.63, 3.8) is 0 Å². The average molecular weight is 259 g/mol. The molecule has 19 heavy (non-hydrogen) atoms. The molecule has 0 amide bonds. The van der Waals surface area contributed by atoms with E-state index in [0.29, 0.717) is 0 Å². The first-order chi connectivity index (χ1) is 9.33. The van der Waals surface area contributed by atoms with E-state index in [2.05, 4.69) is 27.2 Å². The first-order valence-electron chi connectivity index (χ1n) is 6.51. The zero-order valence-electron chi connectivity index (χ0n) is 10.9. The van der Waals surface area contributed by atoms with E-state index >= 15 is 0 Å². The minimum Gasteiger partial charge on any atom is -0.376 e. The highest BCUT2D eigenvalue weighted by molar-refractivity contribution is 5.41. The third-order valence-electron chi connectivity index (χ3n) is 3.32. The first kappa shape index (κ1) is 12.1. The van der Waals surface area contributed by atoms with Crippen LogP contribution in [-0.4, -0.2) is 38.3 Å². The molecule has 6 nitrogen and oxygen atoms in total. The highest BCUT2D eigenvalue weighted by Gasteiger charge is 2.22. The molecule has 0 saturated carbocycles. The van der Waals surface area contributed by atoms with Crippen LogP contribution in [0.15, 0.2) is 31.1 Å². The average Bonchev–Trinajstić information content (AvgIpc) is 3.13. The molecule has 1 fully saturated rings. The molecule has 2 atom stereocenters. The lowest BCUT2D eigenvalue weighted by Gasteiger charge is -2.20. The van der Waals surface area contributed by atoms with Crippen LogP contribution in [0.2, 0.25) is 0 Å². The Morgan fingerprint density at radius 3 is 3.16 bits per heavy atom. The summed E-state index contributed by atoms with van der Waals surface area (Å²) < 4.78 is 7.52. The summed E-state index contributed by atoms with van der Waals surface area (Å²) in [6.07, 6.45) is 9.37. The zero-order chi connectivity index (χ0) is 13.1. The lowest BCUT2D eigenvalue weighted by molar-refractivity contribution is 0.0995. The minimum atomic E-state index is 0.244. The van der Waals surface area contributed by atoms with Crippen molar-refractivity contribution in [2.75, 3.05) is 11.9 Å². The summed E-state index contributed by atoms with van der Waals surface area (Å²) in [6, 6.07) is 2.15. The second-order valence-corrected chi connectivity index (χ2v) is 4.72. The largest absolute Gasteiger partial charge is 0.376 e. The monoisotopic (exact) mass is 259 g/mol. The number of imidazole rings is 1. The number of hydrogen-bond donors (Lipinski definition) is 1. The summed E-state index contributed by atoms with van der Waals surface area (Å²) in [5.41, 5.74) is 0. The van der Waals surface area contributed by atoms with Crippen molar-refractivity contribution in [3.8, 4) is 5.82 Å². The SMILES string of the molecule is C[C@@H](Nc1cc(-n2ccnc2)ncn1)[C@H]1CCCO1. The topological polar surface area (TPSA) is 64.9 Å². The molecule has 1 saturated heterocycles. The third-order valence-corrected chi connectivity index (χ3v) is 3.32. The van der Waals surface area contributed by atoms with Crippen LogP contribution in [0.3, 0.4) is 0 Å². The molecule has 6 heteroatoms. The lowest BCUT2D eigenvalue weighted by atomic mass is 10.1. The number of aromatic nitrogens is 4. The van der Waals surface area contributed by atoms with Gasteiger partial charge in [-0.1, -0.05) is 0 Å². The minimum absolute atomic E-state index is 0.244. The number of ether oxygens (including phenoxy) is 1. The van der Waals surface area contributed by atoms with Crippen LogP contribution in [0.25, 0.3) is 5.82 Å². The van der Waals surface area contributed by atoms with Gasteiger partial charge in [-0.15, -0.1) is 0 Å². The Balaban J connectivity index is 1.72. The summed E-state index contributed by atoms with van der Waals surface area (Å²) in [5, 5.41) is 3.38. The molecule has 2 aromatic heterocycles. The molecular weight excluding hydrogens is 242 g/mol. The highest BCUT2D eigenvalue weighted by atomic mass is 16.5. The van der Waals surface area contributed by atoms with Gasteiger partial charge in [-0.05, 0) is 19.8 Å². The predicted octanol–water partition coefficient (Wildman–Crippen LogP) is 1.64. The fourth-order valence-corrected chi connectivity index (χ4v) is 2.28. The molecule has 2 aromatic rings. The molecular formula is C13H17N5O. The molecule has 0 unspecified atom stereocenters. The fraction of sp³-hybridized carbons (Fsp3) is 0.462. The van der Waals surface area contributed by atoms with E-state index in [1.807, 2.05) is 16.8 Å². The van der Waals surface area contributed by atoms with Crippen molar-refractivity contribution >= 4 is 5.82 Å². The summed E-state index contributed by atoms with van der Waals surface area (Å²) in [4.78, 5) is 12.5. The Hall–Kier alpha value is -1.95. The van der Waals surface area contributed by atoms with E-state index in [1.165, 1.54) is 0 Å². The van der Waals surface area contributed by atoms with Gasteiger partial charge in [0.1, 0.15) is 24.3 Å². The summed E-state index contributed by atoms with van der Waals surface area (Å²) in [5.74, 6) is 1.61. The molecule has 3 rings (SSSR count). The van der Waals surface area contributed by atoms with Crippen LogP contribution in [0, 0.1) is 0 Å². The second-order valence-electron chi connectivity index (χ2n) is 4.72. The van der Waals surface area contributed by atoms with Gasteiger partial charge in [0.25, 0.3) is 0 Å². The van der Waals surface area contributed by atoms with Crippen molar-refractivity contribution in [1.29, 1.82) is 0 Å². The Labute approximate surface area is 111 Å². The summed E-state index contributed by atoms with van der Waals surface area (Å²) in [7, 11) is 0. The van der Waals surface area contributed by atoms with Gasteiger partial charge in [0, 0.05) is 25.1 Å². The molecule has 0 spiro atoms. The van der Waals surface area contributed by atoms with E-state index in [1.54, 1.807) is 18.9 Å². The van der Waals surface area contributed by atoms with Crippen LogP contribution in [0.5, 0.6) is 0 Å². The normalized spacial score (nSPS) is 20.4. The molecule has 1 aliphatic rings. The van der Waals surface area contributed by atoms with Gasteiger partial charge >= 0.3 is 0 Å². The molecule has 1 N–H and O–H groups in total. The van der Waals surface area contributed by atoms with Crippen molar-refractivity contribution in [3.05, 3.63) is 31.1 Å². The van der Waals surface area contributed by atoms with Crippen LogP contribution < -0.4 is 5.32 Å². The van der Waals surface area contributed by atoms with Crippen LogP contribution in [0.4, 0.5) is 5.82 Å². The molecule has 1 aliphatic heterocycles. The number of nitrogens with zero attached hydrogens (tertiary/aromatic N) is 4. The highest BCUT2D eigenvalue weighted by Crippen LogP contribution is 2.18. The number of rotatable bonds is 4. The fourth-order valence-electron chi connectivity index (χ4n) is 2.28.